The first-order valence-electron chi connectivity index (χ1n) is 4.69. The third-order valence-electron chi connectivity index (χ3n) is 2.62. The lowest BCUT2D eigenvalue weighted by Crippen LogP contribution is -2.22. The van der Waals surface area contributed by atoms with E-state index in [4.69, 9.17) is 5.26 Å². The molecule has 0 N–H and O–H groups in total. The molecule has 1 aromatic rings. The van der Waals surface area contributed by atoms with E-state index in [1.165, 1.54) is 11.1 Å². The van der Waals surface area contributed by atoms with E-state index >= 15 is 0 Å². The number of rotatable bonds is 1. The Morgan fingerprint density at radius 1 is 1.43 bits per heavy atom. The van der Waals surface area contributed by atoms with Crippen molar-refractivity contribution in [3.05, 3.63) is 41.6 Å². The quantitative estimate of drug-likeness (QED) is 0.670. The summed E-state index contributed by atoms with van der Waals surface area (Å²) in [7, 11) is 2.01. The van der Waals surface area contributed by atoms with Gasteiger partial charge in [0.1, 0.15) is 0 Å². The summed E-state index contributed by atoms with van der Waals surface area (Å²) in [5.41, 5.74) is 2.48. The Labute approximate surface area is 84.1 Å². The van der Waals surface area contributed by atoms with Gasteiger partial charge in [0, 0.05) is 7.05 Å². The van der Waals surface area contributed by atoms with E-state index in [2.05, 4.69) is 29.2 Å². The summed E-state index contributed by atoms with van der Waals surface area (Å²) in [6.07, 6.45) is 4.66. The first kappa shape index (κ1) is 8.83. The second-order valence-electron chi connectivity index (χ2n) is 3.49. The number of nitrogens with zero attached hydrogens (tertiary/aromatic N) is 2. The smallest absolute Gasteiger partial charge is 0.0669 e. The van der Waals surface area contributed by atoms with Gasteiger partial charge in [-0.1, -0.05) is 24.3 Å². The van der Waals surface area contributed by atoms with Crippen LogP contribution in [0.2, 0.25) is 0 Å². The number of benzene rings is 1. The van der Waals surface area contributed by atoms with Crippen LogP contribution >= 0.6 is 0 Å². The van der Waals surface area contributed by atoms with Crippen LogP contribution in [0.15, 0.2) is 30.5 Å². The van der Waals surface area contributed by atoms with E-state index in [1.54, 1.807) is 0 Å². The van der Waals surface area contributed by atoms with E-state index in [0.29, 0.717) is 6.42 Å². The lowest BCUT2D eigenvalue weighted by Gasteiger charge is -2.30. The lowest BCUT2D eigenvalue weighted by molar-refractivity contribution is 0.338. The monoisotopic (exact) mass is 184 g/mol. The van der Waals surface area contributed by atoms with Crippen LogP contribution in [0.3, 0.4) is 0 Å². The Balaban J connectivity index is 2.43. The van der Waals surface area contributed by atoms with E-state index in [-0.39, 0.29) is 6.04 Å². The van der Waals surface area contributed by atoms with Crippen LogP contribution in [0.25, 0.3) is 6.08 Å². The third-order valence-corrected chi connectivity index (χ3v) is 2.62. The highest BCUT2D eigenvalue weighted by molar-refractivity contribution is 5.57. The maximum Gasteiger partial charge on any atom is 0.0669 e. The Morgan fingerprint density at radius 3 is 3.00 bits per heavy atom. The fourth-order valence-corrected chi connectivity index (χ4v) is 1.83. The number of fused-ring (bicyclic) bond motifs is 1. The van der Waals surface area contributed by atoms with Crippen molar-refractivity contribution in [2.45, 2.75) is 12.5 Å². The zero-order valence-corrected chi connectivity index (χ0v) is 8.14. The van der Waals surface area contributed by atoms with Gasteiger partial charge < -0.3 is 4.90 Å². The van der Waals surface area contributed by atoms with Crippen molar-refractivity contribution < 1.29 is 0 Å². The molecule has 0 aromatic heterocycles. The number of hydrogen-bond donors (Lipinski definition) is 0. The molecule has 1 heterocycles. The van der Waals surface area contributed by atoms with Crippen molar-refractivity contribution in [3.63, 3.8) is 0 Å². The molecule has 2 rings (SSSR count). The fourth-order valence-electron chi connectivity index (χ4n) is 1.83. The molecule has 0 fully saturated rings. The molecule has 1 aliphatic rings. The van der Waals surface area contributed by atoms with E-state index in [0.717, 1.165) is 0 Å². The van der Waals surface area contributed by atoms with Crippen molar-refractivity contribution in [3.8, 4) is 6.07 Å². The minimum atomic E-state index is 0.209. The summed E-state index contributed by atoms with van der Waals surface area (Å²) in [5, 5.41) is 8.76. The predicted molar refractivity (Wildman–Crippen MR) is 56.2 cm³/mol. The molecule has 1 aliphatic heterocycles. The molecular weight excluding hydrogens is 172 g/mol. The second-order valence-corrected chi connectivity index (χ2v) is 3.49. The van der Waals surface area contributed by atoms with E-state index in [1.807, 2.05) is 25.4 Å². The maximum absolute atomic E-state index is 8.76. The highest BCUT2D eigenvalue weighted by Crippen LogP contribution is 2.30. The Hall–Kier alpha value is -1.75. The minimum Gasteiger partial charge on any atom is -0.372 e. The average molecular weight is 184 g/mol. The molecule has 2 heteroatoms. The molecule has 1 atom stereocenters. The fraction of sp³-hybridized carbons (Fsp3) is 0.250. The second kappa shape index (κ2) is 3.55. The standard InChI is InChI=1S/C12H12N2/c1-14-9-7-10-4-2-3-5-11(10)12(14)6-8-13/h2-5,7,9,12H,6H2,1H3. The molecule has 0 amide bonds. The third kappa shape index (κ3) is 1.38. The summed E-state index contributed by atoms with van der Waals surface area (Å²) in [4.78, 5) is 2.09. The van der Waals surface area contributed by atoms with E-state index < -0.39 is 0 Å². The SMILES string of the molecule is CN1C=Cc2ccccc2C1CC#N. The maximum atomic E-state index is 8.76. The molecule has 0 bridgehead atoms. The van der Waals surface area contributed by atoms with Crippen molar-refractivity contribution in [1.82, 2.24) is 4.90 Å². The van der Waals surface area contributed by atoms with Gasteiger partial charge in [0.25, 0.3) is 0 Å². The summed E-state index contributed by atoms with van der Waals surface area (Å²) < 4.78 is 0. The van der Waals surface area contributed by atoms with Gasteiger partial charge in [0.2, 0.25) is 0 Å². The van der Waals surface area contributed by atoms with Crippen LogP contribution in [0, 0.1) is 11.3 Å². The Bertz CT molecular complexity index is 401. The molecular formula is C12H12N2. The van der Waals surface area contributed by atoms with Gasteiger partial charge >= 0.3 is 0 Å². The van der Waals surface area contributed by atoms with Crippen LogP contribution in [-0.4, -0.2) is 11.9 Å². The summed E-state index contributed by atoms with van der Waals surface area (Å²) >= 11 is 0. The van der Waals surface area contributed by atoms with Gasteiger partial charge in [-0.2, -0.15) is 5.26 Å². The molecule has 1 unspecified atom stereocenters. The highest BCUT2D eigenvalue weighted by atomic mass is 15.1. The first-order valence-corrected chi connectivity index (χ1v) is 4.69. The van der Waals surface area contributed by atoms with Gasteiger partial charge in [-0.25, -0.2) is 0 Å². The number of hydrogen-bond acceptors (Lipinski definition) is 2. The lowest BCUT2D eigenvalue weighted by atomic mass is 9.95. The van der Waals surface area contributed by atoms with Crippen LogP contribution < -0.4 is 0 Å². The zero-order valence-electron chi connectivity index (χ0n) is 8.14. The summed E-state index contributed by atoms with van der Waals surface area (Å²) in [6.45, 7) is 0. The molecule has 0 spiro atoms. The molecule has 2 nitrogen and oxygen atoms in total. The molecule has 0 saturated heterocycles. The molecule has 14 heavy (non-hydrogen) atoms. The average Bonchev–Trinajstić information content (AvgIpc) is 2.23. The van der Waals surface area contributed by atoms with Crippen molar-refractivity contribution >= 4 is 6.08 Å². The van der Waals surface area contributed by atoms with Gasteiger partial charge in [0.15, 0.2) is 0 Å². The van der Waals surface area contributed by atoms with Gasteiger partial charge in [-0.15, -0.1) is 0 Å². The van der Waals surface area contributed by atoms with Crippen molar-refractivity contribution in [2.24, 2.45) is 0 Å². The molecule has 0 radical (unpaired) electrons. The van der Waals surface area contributed by atoms with E-state index in [9.17, 15) is 0 Å². The highest BCUT2D eigenvalue weighted by Gasteiger charge is 2.19. The van der Waals surface area contributed by atoms with Crippen molar-refractivity contribution in [1.29, 1.82) is 5.26 Å². The normalized spacial score (nSPS) is 18.9. The van der Waals surface area contributed by atoms with Crippen LogP contribution in [0.5, 0.6) is 0 Å². The Kier molecular flexibility index (Phi) is 2.24. The molecule has 70 valence electrons. The zero-order chi connectivity index (χ0) is 9.97. The molecule has 0 saturated carbocycles. The largest absolute Gasteiger partial charge is 0.372 e. The topological polar surface area (TPSA) is 27.0 Å². The Morgan fingerprint density at radius 2 is 2.21 bits per heavy atom. The van der Waals surface area contributed by atoms with Gasteiger partial charge in [-0.05, 0) is 23.4 Å². The molecule has 0 aliphatic carbocycles. The predicted octanol–water partition coefficient (Wildman–Crippen LogP) is 2.56. The van der Waals surface area contributed by atoms with Crippen LogP contribution in [0.4, 0.5) is 0 Å². The summed E-state index contributed by atoms with van der Waals surface area (Å²) in [6, 6.07) is 10.7. The van der Waals surface area contributed by atoms with Crippen molar-refractivity contribution in [2.75, 3.05) is 7.05 Å². The van der Waals surface area contributed by atoms with Gasteiger partial charge in [0.05, 0.1) is 18.5 Å². The minimum absolute atomic E-state index is 0.209. The van der Waals surface area contributed by atoms with Crippen LogP contribution in [0.1, 0.15) is 23.6 Å². The summed E-state index contributed by atoms with van der Waals surface area (Å²) in [5.74, 6) is 0. The van der Waals surface area contributed by atoms with Crippen LogP contribution in [-0.2, 0) is 0 Å². The molecule has 1 aromatic carbocycles. The van der Waals surface area contributed by atoms with Gasteiger partial charge in [-0.3, -0.25) is 0 Å². The number of nitriles is 1. The first-order chi connectivity index (χ1) is 6.83.